The van der Waals surface area contributed by atoms with Crippen LogP contribution in [0.3, 0.4) is 0 Å². The quantitative estimate of drug-likeness (QED) is 0.588. The van der Waals surface area contributed by atoms with Crippen LogP contribution < -0.4 is 5.73 Å². The fourth-order valence-corrected chi connectivity index (χ4v) is 1.91. The second-order valence-electron chi connectivity index (χ2n) is 4.65. The second-order valence-corrected chi connectivity index (χ2v) is 4.65. The summed E-state index contributed by atoms with van der Waals surface area (Å²) in [5, 5.41) is 0. The fraction of sp³-hybridized carbons (Fsp3) is 0.667. The minimum atomic E-state index is -0.833. The van der Waals surface area contributed by atoms with E-state index in [-0.39, 0.29) is 0 Å². The molecule has 99 valence electrons. The number of carbonyl (C=O) groups is 1. The summed E-state index contributed by atoms with van der Waals surface area (Å²) in [4.78, 5) is 10.8. The van der Waals surface area contributed by atoms with Crippen molar-refractivity contribution in [3.05, 3.63) is 24.0 Å². The van der Waals surface area contributed by atoms with Crippen molar-refractivity contribution in [2.75, 3.05) is 6.61 Å². The first kappa shape index (κ1) is 14.8. The zero-order chi connectivity index (χ0) is 13.2. The molecule has 0 N–H and O–H groups in total. The number of hydrogen-bond donors (Lipinski definition) is 0. The number of unbranched alkanes of at least 4 members (excludes halogenated alkanes) is 5. The highest BCUT2D eigenvalue weighted by Crippen LogP contribution is 2.17. The zero-order valence-corrected chi connectivity index (χ0v) is 11.2. The first-order valence-electron chi connectivity index (χ1n) is 6.89. The Labute approximate surface area is 110 Å². The lowest BCUT2D eigenvalue weighted by molar-refractivity contribution is -0.121. The largest absolute Gasteiger partial charge is 0.493 e. The summed E-state index contributed by atoms with van der Waals surface area (Å²) in [6.45, 7) is 2.87. The van der Waals surface area contributed by atoms with Crippen molar-refractivity contribution in [2.24, 2.45) is 5.92 Å². The lowest BCUT2D eigenvalue weighted by Crippen LogP contribution is -2.15. The van der Waals surface area contributed by atoms with Crippen molar-refractivity contribution in [1.29, 1.82) is 0 Å². The van der Waals surface area contributed by atoms with Crippen molar-refractivity contribution >= 4 is 5.91 Å². The number of allylic oxidation sites excluding steroid dienone is 2. The number of nitrogens with zero attached hydrogens (tertiary/aromatic N) is 1. The third-order valence-electron chi connectivity index (χ3n) is 3.01. The molecule has 1 atom stereocenters. The standard InChI is InChI=1S/C15H22NO2/c1-2-3-4-5-6-7-11-18-14-10-8-9-13(12-14)15(16)17/h8,10,13H,2-7,9,11H2,1H3. The smallest absolute Gasteiger partial charge is 0.272 e. The minimum absolute atomic E-state index is 0.513. The molecule has 18 heavy (non-hydrogen) atoms. The van der Waals surface area contributed by atoms with Gasteiger partial charge in [0.25, 0.3) is 5.91 Å². The highest BCUT2D eigenvalue weighted by Gasteiger charge is 2.17. The summed E-state index contributed by atoms with van der Waals surface area (Å²) in [6, 6.07) is 0. The van der Waals surface area contributed by atoms with Gasteiger partial charge in [0.05, 0.1) is 12.5 Å². The molecule has 0 heterocycles. The molecule has 0 saturated carbocycles. The van der Waals surface area contributed by atoms with Crippen LogP contribution in [0.5, 0.6) is 0 Å². The topological polar surface area (TPSA) is 48.6 Å². The molecule has 0 aromatic rings. The van der Waals surface area contributed by atoms with E-state index in [2.05, 4.69) is 13.0 Å². The van der Waals surface area contributed by atoms with E-state index in [1.807, 2.05) is 12.2 Å². The van der Waals surface area contributed by atoms with Crippen LogP contribution in [0.4, 0.5) is 0 Å². The summed E-state index contributed by atoms with van der Waals surface area (Å²) in [6.07, 6.45) is 14.4. The Hall–Kier alpha value is -1.25. The van der Waals surface area contributed by atoms with Gasteiger partial charge >= 0.3 is 0 Å². The average Bonchev–Trinajstić information content (AvgIpc) is 2.38. The van der Waals surface area contributed by atoms with Crippen LogP contribution in [0.1, 0.15) is 51.9 Å². The molecule has 3 radical (unpaired) electrons. The molecule has 0 fully saturated rings. The van der Waals surface area contributed by atoms with E-state index in [1.165, 1.54) is 32.1 Å². The molecule has 1 aliphatic carbocycles. The Balaban J connectivity index is 2.11. The summed E-state index contributed by atoms with van der Waals surface area (Å²) >= 11 is 0. The number of carbonyl (C=O) groups excluding carboxylic acids is 1. The number of rotatable bonds is 9. The third kappa shape index (κ3) is 5.89. The van der Waals surface area contributed by atoms with Gasteiger partial charge in [-0.1, -0.05) is 45.1 Å². The summed E-state index contributed by atoms with van der Waals surface area (Å²) in [7, 11) is 0. The van der Waals surface area contributed by atoms with Gasteiger partial charge in [0.1, 0.15) is 5.76 Å². The van der Waals surface area contributed by atoms with E-state index >= 15 is 0 Å². The summed E-state index contributed by atoms with van der Waals surface area (Å²) < 4.78 is 5.53. The van der Waals surface area contributed by atoms with Gasteiger partial charge in [0, 0.05) is 6.08 Å². The first-order chi connectivity index (χ1) is 8.74. The predicted octanol–water partition coefficient (Wildman–Crippen LogP) is 3.22. The Morgan fingerprint density at radius 2 is 2.11 bits per heavy atom. The number of amides is 1. The zero-order valence-electron chi connectivity index (χ0n) is 11.2. The van der Waals surface area contributed by atoms with Crippen LogP contribution in [-0.2, 0) is 9.53 Å². The molecule has 1 rings (SSSR count). The van der Waals surface area contributed by atoms with E-state index in [0.717, 1.165) is 6.42 Å². The molecule has 0 spiro atoms. The van der Waals surface area contributed by atoms with Crippen molar-refractivity contribution < 1.29 is 9.53 Å². The third-order valence-corrected chi connectivity index (χ3v) is 3.01. The molecule has 0 aliphatic heterocycles. The van der Waals surface area contributed by atoms with Gasteiger partial charge in [-0.25, -0.2) is 0 Å². The molecule has 0 aromatic carbocycles. The van der Waals surface area contributed by atoms with Crippen LogP contribution >= 0.6 is 0 Å². The molecule has 1 aliphatic rings. The van der Waals surface area contributed by atoms with Crippen LogP contribution in [0.2, 0.25) is 0 Å². The van der Waals surface area contributed by atoms with Crippen LogP contribution in [0.25, 0.3) is 0 Å². The van der Waals surface area contributed by atoms with E-state index in [9.17, 15) is 4.79 Å². The van der Waals surface area contributed by atoms with Gasteiger partial charge in [-0.3, -0.25) is 4.79 Å². The normalized spacial score (nSPS) is 18.5. The van der Waals surface area contributed by atoms with E-state index in [4.69, 9.17) is 10.5 Å². The van der Waals surface area contributed by atoms with Gasteiger partial charge in [-0.15, -0.1) is 5.73 Å². The maximum atomic E-state index is 10.8. The van der Waals surface area contributed by atoms with Crippen LogP contribution in [-0.4, -0.2) is 12.5 Å². The van der Waals surface area contributed by atoms with E-state index < -0.39 is 11.8 Å². The molecule has 0 bridgehead atoms. The van der Waals surface area contributed by atoms with Crippen molar-refractivity contribution in [2.45, 2.75) is 51.9 Å². The van der Waals surface area contributed by atoms with Gasteiger partial charge < -0.3 is 4.74 Å². The Bertz CT molecular complexity index is 308. The predicted molar refractivity (Wildman–Crippen MR) is 70.5 cm³/mol. The molecular weight excluding hydrogens is 226 g/mol. The Morgan fingerprint density at radius 3 is 2.83 bits per heavy atom. The lowest BCUT2D eigenvalue weighted by atomic mass is 9.99. The lowest BCUT2D eigenvalue weighted by Gasteiger charge is -2.13. The summed E-state index contributed by atoms with van der Waals surface area (Å²) in [5.74, 6) is -0.795. The molecule has 0 aromatic heterocycles. The highest BCUT2D eigenvalue weighted by molar-refractivity contribution is 5.77. The average molecular weight is 248 g/mol. The SMILES string of the molecule is CCCCCCCCOC1=[C]C(C([N])=O)CC=C1. The fourth-order valence-electron chi connectivity index (χ4n) is 1.91. The van der Waals surface area contributed by atoms with Crippen molar-refractivity contribution in [3.8, 4) is 0 Å². The van der Waals surface area contributed by atoms with Crippen molar-refractivity contribution in [1.82, 2.24) is 5.73 Å². The molecule has 1 amide bonds. The van der Waals surface area contributed by atoms with Gasteiger partial charge in [-0.05, 0) is 18.9 Å². The Morgan fingerprint density at radius 1 is 1.39 bits per heavy atom. The van der Waals surface area contributed by atoms with Gasteiger partial charge in [0.15, 0.2) is 0 Å². The monoisotopic (exact) mass is 248 g/mol. The summed E-state index contributed by atoms with van der Waals surface area (Å²) in [5.41, 5.74) is 8.88. The minimum Gasteiger partial charge on any atom is -0.493 e. The van der Waals surface area contributed by atoms with Crippen molar-refractivity contribution in [3.63, 3.8) is 0 Å². The maximum Gasteiger partial charge on any atom is 0.272 e. The second kappa shape index (κ2) is 8.78. The first-order valence-corrected chi connectivity index (χ1v) is 6.89. The Kier molecular flexibility index (Phi) is 7.23. The highest BCUT2D eigenvalue weighted by atomic mass is 16.5. The molecular formula is C15H22NO2. The molecule has 3 nitrogen and oxygen atoms in total. The molecule has 1 unspecified atom stereocenters. The number of ether oxygens (including phenoxy) is 1. The van der Waals surface area contributed by atoms with Gasteiger partial charge in [-0.2, -0.15) is 0 Å². The van der Waals surface area contributed by atoms with Crippen LogP contribution in [0, 0.1) is 12.0 Å². The van der Waals surface area contributed by atoms with Crippen LogP contribution in [0.15, 0.2) is 17.9 Å². The van der Waals surface area contributed by atoms with Gasteiger partial charge in [0.2, 0.25) is 0 Å². The maximum absolute atomic E-state index is 10.8. The molecule has 0 saturated heterocycles. The van der Waals surface area contributed by atoms with E-state index in [0.29, 0.717) is 18.8 Å². The molecule has 3 heteroatoms. The van der Waals surface area contributed by atoms with E-state index in [1.54, 1.807) is 0 Å². The number of hydrogen-bond acceptors (Lipinski definition) is 2.